The number of aromatic nitrogens is 1. The summed E-state index contributed by atoms with van der Waals surface area (Å²) in [6, 6.07) is 13.3. The Morgan fingerprint density at radius 3 is 2.15 bits per heavy atom. The van der Waals surface area contributed by atoms with Gasteiger partial charge in [0.05, 0.1) is 12.8 Å². The van der Waals surface area contributed by atoms with Gasteiger partial charge < -0.3 is 18.9 Å². The number of amides is 1. The fraction of sp³-hybridized carbons (Fsp3) is 0.485. The topological polar surface area (TPSA) is 71.3 Å². The molecule has 216 valence electrons. The van der Waals surface area contributed by atoms with Gasteiger partial charge in [0, 0.05) is 28.9 Å². The molecule has 7 heteroatoms. The van der Waals surface area contributed by atoms with Crippen molar-refractivity contribution in [1.29, 1.82) is 0 Å². The molecule has 40 heavy (non-hydrogen) atoms. The van der Waals surface area contributed by atoms with Crippen molar-refractivity contribution in [3.8, 4) is 0 Å². The van der Waals surface area contributed by atoms with E-state index >= 15 is 0 Å². The van der Waals surface area contributed by atoms with Gasteiger partial charge in [0.25, 0.3) is 5.91 Å². The van der Waals surface area contributed by atoms with Crippen LogP contribution in [0.25, 0.3) is 5.52 Å². The van der Waals surface area contributed by atoms with Gasteiger partial charge >= 0.3 is 5.97 Å². The molecule has 3 aromatic rings. The lowest BCUT2D eigenvalue weighted by Crippen LogP contribution is -2.41. The molecule has 0 atom stereocenters. The van der Waals surface area contributed by atoms with Crippen LogP contribution in [0.1, 0.15) is 91.4 Å². The highest BCUT2D eigenvalue weighted by molar-refractivity contribution is 6.10. The van der Waals surface area contributed by atoms with Crippen molar-refractivity contribution in [3.63, 3.8) is 0 Å². The molecule has 0 bridgehead atoms. The minimum atomic E-state index is -0.465. The highest BCUT2D eigenvalue weighted by atomic mass is 16.5. The van der Waals surface area contributed by atoms with Gasteiger partial charge in [-0.05, 0) is 94.9 Å². The van der Waals surface area contributed by atoms with Crippen LogP contribution in [0, 0.1) is 0 Å². The molecule has 2 heterocycles. The van der Waals surface area contributed by atoms with Gasteiger partial charge in [0.2, 0.25) is 5.78 Å². The Hall–Kier alpha value is -3.45. The number of nitrogens with zero attached hydrogens (tertiary/aromatic N) is 3. The predicted octanol–water partition coefficient (Wildman–Crippen LogP) is 5.81. The second-order valence-corrected chi connectivity index (χ2v) is 10.7. The highest BCUT2D eigenvalue weighted by Gasteiger charge is 2.24. The molecule has 1 amide bonds. The largest absolute Gasteiger partial charge is 0.468 e. The number of pyridine rings is 1. The molecule has 2 aromatic heterocycles. The third-order valence-electron chi connectivity index (χ3n) is 7.34. The van der Waals surface area contributed by atoms with E-state index in [1.54, 1.807) is 18.3 Å². The molecule has 0 N–H and O–H groups in total. The zero-order valence-corrected chi connectivity index (χ0v) is 25.0. The summed E-state index contributed by atoms with van der Waals surface area (Å²) >= 11 is 0. The number of rotatable bonds is 15. The Morgan fingerprint density at radius 2 is 1.57 bits per heavy atom. The van der Waals surface area contributed by atoms with Crippen LogP contribution < -0.4 is 0 Å². The summed E-state index contributed by atoms with van der Waals surface area (Å²) in [4.78, 5) is 42.8. The van der Waals surface area contributed by atoms with Gasteiger partial charge in [-0.25, -0.2) is 0 Å². The van der Waals surface area contributed by atoms with E-state index in [0.717, 1.165) is 43.6 Å². The lowest BCUT2D eigenvalue weighted by atomic mass is 10.0. The standard InChI is InChI=1S/C33H45N3O4/c1-7-17-34(18-8-2)19-10-11-25-12-14-27(15-13-25)32(38)31-26(9-3)21-29-22-28(16-20-35(29)31)33(39)36(24(4)5)23-30(37)40-6/h12-16,20-22,24H,7-11,17-19,23H2,1-6H3. The van der Waals surface area contributed by atoms with Crippen molar-refractivity contribution < 1.29 is 19.1 Å². The molecular formula is C33H45N3O4. The van der Waals surface area contributed by atoms with Crippen LogP contribution in [-0.2, 0) is 22.4 Å². The molecule has 0 spiro atoms. The Labute approximate surface area is 239 Å². The van der Waals surface area contributed by atoms with E-state index in [1.165, 1.54) is 30.4 Å². The van der Waals surface area contributed by atoms with E-state index in [9.17, 15) is 14.4 Å². The molecule has 0 radical (unpaired) electrons. The molecule has 3 rings (SSSR count). The molecule has 0 aliphatic heterocycles. The number of carbonyl (C=O) groups is 3. The van der Waals surface area contributed by atoms with E-state index in [-0.39, 0.29) is 24.3 Å². The van der Waals surface area contributed by atoms with Crippen molar-refractivity contribution in [2.45, 2.75) is 72.8 Å². The second kappa shape index (κ2) is 14.8. The Morgan fingerprint density at radius 1 is 0.900 bits per heavy atom. The summed E-state index contributed by atoms with van der Waals surface area (Å²) in [6.45, 7) is 13.5. The second-order valence-electron chi connectivity index (χ2n) is 10.7. The number of ketones is 1. The third-order valence-corrected chi connectivity index (χ3v) is 7.34. The molecule has 0 saturated carbocycles. The third kappa shape index (κ3) is 7.60. The number of benzene rings is 1. The molecular weight excluding hydrogens is 502 g/mol. The number of esters is 1. The smallest absolute Gasteiger partial charge is 0.325 e. The first-order valence-corrected chi connectivity index (χ1v) is 14.6. The first-order valence-electron chi connectivity index (χ1n) is 14.6. The molecule has 0 aliphatic rings. The minimum absolute atomic E-state index is 0.0333. The molecule has 0 saturated heterocycles. The quantitative estimate of drug-likeness (QED) is 0.177. The maximum absolute atomic E-state index is 13.7. The maximum Gasteiger partial charge on any atom is 0.325 e. The van der Waals surface area contributed by atoms with Gasteiger partial charge in [0.1, 0.15) is 6.54 Å². The number of ether oxygens (including phenoxy) is 1. The van der Waals surface area contributed by atoms with Crippen LogP contribution in [0.2, 0.25) is 0 Å². The lowest BCUT2D eigenvalue weighted by molar-refractivity contribution is -0.141. The van der Waals surface area contributed by atoms with Crippen molar-refractivity contribution >= 4 is 23.2 Å². The molecule has 7 nitrogen and oxygen atoms in total. The van der Waals surface area contributed by atoms with Crippen LogP contribution in [0.5, 0.6) is 0 Å². The number of carbonyl (C=O) groups excluding carboxylic acids is 3. The minimum Gasteiger partial charge on any atom is -0.468 e. The van der Waals surface area contributed by atoms with Crippen molar-refractivity contribution in [1.82, 2.24) is 14.2 Å². The first-order chi connectivity index (χ1) is 19.2. The Kier molecular flexibility index (Phi) is 11.5. The normalized spacial score (nSPS) is 11.4. The fourth-order valence-corrected chi connectivity index (χ4v) is 5.18. The van der Waals surface area contributed by atoms with Gasteiger partial charge in [0.15, 0.2) is 0 Å². The van der Waals surface area contributed by atoms with Gasteiger partial charge in [-0.15, -0.1) is 0 Å². The Balaban J connectivity index is 1.79. The van der Waals surface area contributed by atoms with Crippen LogP contribution in [0.15, 0.2) is 48.7 Å². The maximum atomic E-state index is 13.7. The number of fused-ring (bicyclic) bond motifs is 1. The van der Waals surface area contributed by atoms with Gasteiger partial charge in [-0.3, -0.25) is 14.4 Å². The number of aryl methyl sites for hydroxylation is 2. The molecule has 0 unspecified atom stereocenters. The highest BCUT2D eigenvalue weighted by Crippen LogP contribution is 2.23. The lowest BCUT2D eigenvalue weighted by Gasteiger charge is -2.25. The summed E-state index contributed by atoms with van der Waals surface area (Å²) in [5.74, 6) is -0.750. The fourth-order valence-electron chi connectivity index (χ4n) is 5.18. The molecule has 1 aromatic carbocycles. The summed E-state index contributed by atoms with van der Waals surface area (Å²) in [5, 5.41) is 0. The van der Waals surface area contributed by atoms with Crippen LogP contribution in [0.3, 0.4) is 0 Å². The van der Waals surface area contributed by atoms with E-state index in [1.807, 2.05) is 43.4 Å². The summed E-state index contributed by atoms with van der Waals surface area (Å²) in [7, 11) is 1.31. The summed E-state index contributed by atoms with van der Waals surface area (Å²) in [6.07, 6.45) is 6.91. The van der Waals surface area contributed by atoms with Crippen LogP contribution >= 0.6 is 0 Å². The average Bonchev–Trinajstić information content (AvgIpc) is 3.33. The predicted molar refractivity (Wildman–Crippen MR) is 160 cm³/mol. The monoisotopic (exact) mass is 547 g/mol. The zero-order chi connectivity index (χ0) is 29.2. The summed E-state index contributed by atoms with van der Waals surface area (Å²) < 4.78 is 6.63. The van der Waals surface area contributed by atoms with Crippen LogP contribution in [-0.4, -0.2) is 71.2 Å². The SMILES string of the molecule is CCCN(CCC)CCCc1ccc(C(=O)c2c(CC)cc3cc(C(=O)N(CC(=O)OC)C(C)C)ccn23)cc1. The Bertz CT molecular complexity index is 1290. The van der Waals surface area contributed by atoms with Crippen molar-refractivity contribution in [2.75, 3.05) is 33.3 Å². The van der Waals surface area contributed by atoms with Crippen molar-refractivity contribution in [2.24, 2.45) is 0 Å². The molecule has 0 fully saturated rings. The zero-order valence-electron chi connectivity index (χ0n) is 25.0. The number of methoxy groups -OCH3 is 1. The van der Waals surface area contributed by atoms with E-state index < -0.39 is 5.97 Å². The van der Waals surface area contributed by atoms with E-state index in [0.29, 0.717) is 23.2 Å². The molecule has 0 aliphatic carbocycles. The number of hydrogen-bond donors (Lipinski definition) is 0. The first kappa shape index (κ1) is 31.1. The average molecular weight is 548 g/mol. The van der Waals surface area contributed by atoms with Crippen molar-refractivity contribution in [3.05, 3.63) is 76.6 Å². The van der Waals surface area contributed by atoms with Crippen LogP contribution in [0.4, 0.5) is 0 Å². The van der Waals surface area contributed by atoms with Gasteiger partial charge in [-0.2, -0.15) is 0 Å². The van der Waals surface area contributed by atoms with Gasteiger partial charge in [-0.1, -0.05) is 45.0 Å². The van der Waals surface area contributed by atoms with E-state index in [4.69, 9.17) is 4.74 Å². The van der Waals surface area contributed by atoms with E-state index in [2.05, 4.69) is 30.9 Å². The number of hydrogen-bond acceptors (Lipinski definition) is 5. The summed E-state index contributed by atoms with van der Waals surface area (Å²) in [5.41, 5.74) is 4.68.